The molecule has 1 amide bonds. The van der Waals surface area contributed by atoms with Gasteiger partial charge in [0.25, 0.3) is 5.91 Å². The van der Waals surface area contributed by atoms with Gasteiger partial charge in [-0.1, -0.05) is 54.6 Å². The van der Waals surface area contributed by atoms with Gasteiger partial charge in [-0.2, -0.15) is 0 Å². The highest BCUT2D eigenvalue weighted by Gasteiger charge is 2.53. The number of carbonyl (C=O) groups excluding carboxylic acids is 1. The van der Waals surface area contributed by atoms with E-state index in [0.717, 1.165) is 23.2 Å². The first-order valence-electron chi connectivity index (χ1n) is 8.20. The van der Waals surface area contributed by atoms with Gasteiger partial charge in [-0.15, -0.1) is 0 Å². The van der Waals surface area contributed by atoms with E-state index in [9.17, 15) is 4.79 Å². The predicted octanol–water partition coefficient (Wildman–Crippen LogP) is 3.54. The number of rotatable bonds is 1. The third kappa shape index (κ3) is 1.61. The van der Waals surface area contributed by atoms with Gasteiger partial charge in [0.15, 0.2) is 0 Å². The summed E-state index contributed by atoms with van der Waals surface area (Å²) in [4.78, 5) is 19.8. The highest BCUT2D eigenvalue weighted by atomic mass is 16.2. The molecule has 0 bridgehead atoms. The van der Waals surface area contributed by atoms with Crippen LogP contribution in [0.25, 0.3) is 0 Å². The SMILES string of the molecule is O=C1c2cccnc2C2(c3ccccc3)Cc3ccccc3CN12. The summed E-state index contributed by atoms with van der Waals surface area (Å²) in [6, 6.07) is 22.5. The zero-order valence-corrected chi connectivity index (χ0v) is 13.1. The van der Waals surface area contributed by atoms with E-state index < -0.39 is 5.54 Å². The second-order valence-electron chi connectivity index (χ2n) is 6.46. The third-order valence-electron chi connectivity index (χ3n) is 5.28. The Morgan fingerprint density at radius 3 is 2.46 bits per heavy atom. The second-order valence-corrected chi connectivity index (χ2v) is 6.46. The first-order valence-corrected chi connectivity index (χ1v) is 8.20. The fraction of sp³-hybridized carbons (Fsp3) is 0.143. The maximum atomic E-state index is 13.1. The second kappa shape index (κ2) is 4.78. The first kappa shape index (κ1) is 13.5. The van der Waals surface area contributed by atoms with Crippen LogP contribution in [-0.2, 0) is 18.5 Å². The molecule has 1 atom stereocenters. The lowest BCUT2D eigenvalue weighted by Gasteiger charge is -2.43. The van der Waals surface area contributed by atoms with E-state index in [4.69, 9.17) is 0 Å². The van der Waals surface area contributed by atoms with E-state index in [1.807, 2.05) is 41.3 Å². The Balaban J connectivity index is 1.83. The van der Waals surface area contributed by atoms with Crippen molar-refractivity contribution >= 4 is 5.91 Å². The van der Waals surface area contributed by atoms with Crippen molar-refractivity contribution in [1.29, 1.82) is 0 Å². The molecule has 0 N–H and O–H groups in total. The van der Waals surface area contributed by atoms with Crippen molar-refractivity contribution < 1.29 is 4.79 Å². The van der Waals surface area contributed by atoms with E-state index >= 15 is 0 Å². The number of fused-ring (bicyclic) bond motifs is 4. The number of hydrogen-bond donors (Lipinski definition) is 0. The van der Waals surface area contributed by atoms with Gasteiger partial charge >= 0.3 is 0 Å². The highest BCUT2D eigenvalue weighted by molar-refractivity contribution is 6.00. The number of aromatic nitrogens is 1. The molecule has 5 rings (SSSR count). The van der Waals surface area contributed by atoms with Crippen LogP contribution in [0.2, 0.25) is 0 Å². The summed E-state index contributed by atoms with van der Waals surface area (Å²) < 4.78 is 0. The van der Waals surface area contributed by atoms with E-state index in [1.165, 1.54) is 11.1 Å². The number of benzene rings is 2. The summed E-state index contributed by atoms with van der Waals surface area (Å²) in [5.41, 5.74) is 4.77. The molecule has 3 heteroatoms. The maximum absolute atomic E-state index is 13.1. The summed E-state index contributed by atoms with van der Waals surface area (Å²) in [6.45, 7) is 0.625. The molecule has 24 heavy (non-hydrogen) atoms. The Kier molecular flexibility index (Phi) is 2.69. The highest BCUT2D eigenvalue weighted by Crippen LogP contribution is 2.48. The minimum atomic E-state index is -0.497. The zero-order valence-electron chi connectivity index (χ0n) is 13.1. The minimum absolute atomic E-state index is 0.0801. The minimum Gasteiger partial charge on any atom is -0.318 e. The van der Waals surface area contributed by atoms with Crippen LogP contribution < -0.4 is 0 Å². The van der Waals surface area contributed by atoms with Crippen LogP contribution in [0.3, 0.4) is 0 Å². The lowest BCUT2D eigenvalue weighted by molar-refractivity contribution is 0.0565. The molecule has 3 nitrogen and oxygen atoms in total. The van der Waals surface area contributed by atoms with Crippen molar-refractivity contribution in [3.8, 4) is 0 Å². The fourth-order valence-electron chi connectivity index (χ4n) is 4.18. The van der Waals surface area contributed by atoms with Crippen molar-refractivity contribution in [3.63, 3.8) is 0 Å². The number of carbonyl (C=O) groups is 1. The lowest BCUT2D eigenvalue weighted by Crippen LogP contribution is -2.49. The molecule has 3 aromatic rings. The van der Waals surface area contributed by atoms with Gasteiger partial charge in [-0.3, -0.25) is 9.78 Å². The predicted molar refractivity (Wildman–Crippen MR) is 91.5 cm³/mol. The first-order chi connectivity index (χ1) is 11.8. The molecule has 0 saturated carbocycles. The normalized spacial score (nSPS) is 21.2. The average molecular weight is 312 g/mol. The Morgan fingerprint density at radius 2 is 1.62 bits per heavy atom. The van der Waals surface area contributed by atoms with Crippen molar-refractivity contribution in [2.75, 3.05) is 0 Å². The fourth-order valence-corrected chi connectivity index (χ4v) is 4.18. The number of hydrogen-bond acceptors (Lipinski definition) is 2. The Morgan fingerprint density at radius 1 is 0.875 bits per heavy atom. The molecule has 0 radical (unpaired) electrons. The summed E-state index contributed by atoms with van der Waals surface area (Å²) in [5.74, 6) is 0.0801. The van der Waals surface area contributed by atoms with E-state index in [0.29, 0.717) is 6.54 Å². The maximum Gasteiger partial charge on any atom is 0.257 e. The molecular weight excluding hydrogens is 296 g/mol. The molecule has 2 aliphatic heterocycles. The molecule has 1 aromatic heterocycles. The smallest absolute Gasteiger partial charge is 0.257 e. The molecular formula is C21H16N2O. The molecule has 1 unspecified atom stereocenters. The molecule has 0 spiro atoms. The van der Waals surface area contributed by atoms with Gasteiger partial charge in [0.2, 0.25) is 0 Å². The lowest BCUT2D eigenvalue weighted by atomic mass is 9.77. The molecule has 116 valence electrons. The zero-order chi connectivity index (χ0) is 16.1. The molecule has 0 saturated heterocycles. The van der Waals surface area contributed by atoms with Crippen molar-refractivity contribution in [2.45, 2.75) is 18.5 Å². The van der Waals surface area contributed by atoms with Crippen LogP contribution in [0.15, 0.2) is 72.9 Å². The van der Waals surface area contributed by atoms with E-state index in [1.54, 1.807) is 6.20 Å². The van der Waals surface area contributed by atoms with Crippen molar-refractivity contribution in [2.24, 2.45) is 0 Å². The van der Waals surface area contributed by atoms with Crippen LogP contribution in [0.4, 0.5) is 0 Å². The summed E-state index contributed by atoms with van der Waals surface area (Å²) in [6.07, 6.45) is 2.56. The quantitative estimate of drug-likeness (QED) is 0.688. The summed E-state index contributed by atoms with van der Waals surface area (Å²) in [7, 11) is 0. The topological polar surface area (TPSA) is 33.2 Å². The molecule has 3 heterocycles. The van der Waals surface area contributed by atoms with E-state index in [2.05, 4.69) is 35.3 Å². The van der Waals surface area contributed by atoms with Crippen LogP contribution >= 0.6 is 0 Å². The van der Waals surface area contributed by atoms with Crippen molar-refractivity contribution in [3.05, 3.63) is 101 Å². The van der Waals surface area contributed by atoms with E-state index in [-0.39, 0.29) is 5.91 Å². The van der Waals surface area contributed by atoms with Crippen LogP contribution in [0.1, 0.15) is 32.7 Å². The molecule has 2 aliphatic rings. The Hall–Kier alpha value is -2.94. The average Bonchev–Trinajstić information content (AvgIpc) is 2.91. The van der Waals surface area contributed by atoms with Gasteiger partial charge in [0.05, 0.1) is 11.3 Å². The third-order valence-corrected chi connectivity index (χ3v) is 5.28. The van der Waals surface area contributed by atoms with Gasteiger partial charge in [-0.05, 0) is 28.8 Å². The number of amides is 1. The van der Waals surface area contributed by atoms with Gasteiger partial charge in [-0.25, -0.2) is 0 Å². The molecule has 0 fully saturated rings. The van der Waals surface area contributed by atoms with Gasteiger partial charge in [0.1, 0.15) is 5.54 Å². The van der Waals surface area contributed by atoms with Crippen LogP contribution in [-0.4, -0.2) is 15.8 Å². The largest absolute Gasteiger partial charge is 0.318 e. The molecule has 2 aromatic carbocycles. The van der Waals surface area contributed by atoms with Gasteiger partial charge in [0, 0.05) is 19.2 Å². The number of pyridine rings is 1. The monoisotopic (exact) mass is 312 g/mol. The van der Waals surface area contributed by atoms with Crippen LogP contribution in [0.5, 0.6) is 0 Å². The number of nitrogens with zero attached hydrogens (tertiary/aromatic N) is 2. The Bertz CT molecular complexity index is 951. The van der Waals surface area contributed by atoms with Gasteiger partial charge < -0.3 is 4.90 Å². The summed E-state index contributed by atoms with van der Waals surface area (Å²) in [5, 5.41) is 0. The molecule has 0 aliphatic carbocycles. The summed E-state index contributed by atoms with van der Waals surface area (Å²) >= 11 is 0. The van der Waals surface area contributed by atoms with Crippen molar-refractivity contribution in [1.82, 2.24) is 9.88 Å². The Labute approximate surface area is 140 Å². The van der Waals surface area contributed by atoms with Crippen LogP contribution in [0, 0.1) is 0 Å². The standard InChI is InChI=1S/C21H16N2O/c24-20-18-11-6-12-22-19(18)21(17-9-2-1-3-10-17)13-15-7-4-5-8-16(15)14-23(20)21/h1-12H,13-14H2.